The number of fused-ring (bicyclic) bond motifs is 5. The maximum Gasteiger partial charge on any atom is 0.0319 e. The Hall–Kier alpha value is -0.0800. The van der Waals surface area contributed by atoms with E-state index in [1.165, 1.54) is 32.1 Å². The van der Waals surface area contributed by atoms with Crippen molar-refractivity contribution < 1.29 is 10.6 Å². The van der Waals surface area contributed by atoms with E-state index in [0.717, 1.165) is 42.6 Å². The Labute approximate surface area is 189 Å². The largest absolute Gasteiger partial charge is 0.412 e. The number of aliphatic hydroxyl groups is 1. The molecule has 0 radical (unpaired) electrons. The molecule has 0 aliphatic heterocycles. The predicted molar refractivity (Wildman–Crippen MR) is 132 cm³/mol. The van der Waals surface area contributed by atoms with Crippen molar-refractivity contribution in [1.82, 2.24) is 0 Å². The summed E-state index contributed by atoms with van der Waals surface area (Å²) in [6.45, 7) is 14.3. The van der Waals surface area contributed by atoms with E-state index in [0.29, 0.717) is 10.8 Å². The summed E-state index contributed by atoms with van der Waals surface area (Å²) in [4.78, 5) is 0. The quantitative estimate of drug-likeness (QED) is 0.494. The molecule has 30 heavy (non-hydrogen) atoms. The summed E-state index contributed by atoms with van der Waals surface area (Å²) < 4.78 is 0. The highest BCUT2D eigenvalue weighted by atomic mass is 16.2. The summed E-state index contributed by atoms with van der Waals surface area (Å²) in [6.07, 6.45) is 19.9. The van der Waals surface area contributed by atoms with E-state index in [-0.39, 0.29) is 5.48 Å². The lowest BCUT2D eigenvalue weighted by Crippen LogP contribution is -2.53. The van der Waals surface area contributed by atoms with Crippen LogP contribution in [0.2, 0.25) is 0 Å². The Balaban J connectivity index is 0.000000851. The Morgan fingerprint density at radius 3 is 2.07 bits per heavy atom. The molecule has 8 unspecified atom stereocenters. The molecule has 0 heterocycles. The van der Waals surface area contributed by atoms with Gasteiger partial charge in [-0.1, -0.05) is 60.8 Å². The third-order valence-corrected chi connectivity index (χ3v) is 10.5. The summed E-state index contributed by atoms with van der Waals surface area (Å²) >= 11 is 0. The average Bonchev–Trinajstić information content (AvgIpc) is 3.10. The van der Waals surface area contributed by atoms with Gasteiger partial charge in [-0.3, -0.25) is 0 Å². The van der Waals surface area contributed by atoms with E-state index in [4.69, 9.17) is 5.11 Å². The molecule has 0 bridgehead atoms. The van der Waals surface area contributed by atoms with E-state index < -0.39 is 0 Å². The maximum atomic E-state index is 7.00. The minimum atomic E-state index is 0. The van der Waals surface area contributed by atoms with Crippen molar-refractivity contribution in [1.29, 1.82) is 0 Å². The lowest BCUT2D eigenvalue weighted by molar-refractivity contribution is -0.118. The minimum absolute atomic E-state index is 0. The van der Waals surface area contributed by atoms with Gasteiger partial charge < -0.3 is 10.6 Å². The second-order valence-corrected chi connectivity index (χ2v) is 11.2. The highest BCUT2D eigenvalue weighted by Gasteiger charge is 2.59. The average molecular weight is 425 g/mol. The number of rotatable bonds is 4. The lowest BCUT2D eigenvalue weighted by atomic mass is 9.44. The van der Waals surface area contributed by atoms with Crippen LogP contribution in [0.5, 0.6) is 0 Å². The van der Waals surface area contributed by atoms with Crippen LogP contribution in [0.1, 0.15) is 125 Å². The van der Waals surface area contributed by atoms with Crippen molar-refractivity contribution >= 4 is 0 Å². The summed E-state index contributed by atoms with van der Waals surface area (Å²) in [5, 5.41) is 7.00. The standard InChI is InChI=1S/C25H44.C2H6.CH4O.H2O/c1-5-7-8-19-10-12-22-21-11-9-20-17-18(6-2)13-15-25(20,4)23(21)14-16-24(19,22)3;2*1-2;/h18-23H,5-17H2,1-4H3;1-2H3;2H,1H3;1H2. The zero-order valence-electron chi connectivity index (χ0n) is 21.6. The first-order valence-electron chi connectivity index (χ1n) is 13.5. The van der Waals surface area contributed by atoms with Gasteiger partial charge in [-0.2, -0.15) is 0 Å². The first kappa shape index (κ1) is 28.0. The molecule has 4 aliphatic rings. The Kier molecular flexibility index (Phi) is 11.4. The van der Waals surface area contributed by atoms with Crippen LogP contribution >= 0.6 is 0 Å². The van der Waals surface area contributed by atoms with E-state index >= 15 is 0 Å². The second kappa shape index (κ2) is 12.2. The molecular formula is C28H56O2. The molecule has 4 fully saturated rings. The van der Waals surface area contributed by atoms with Crippen LogP contribution in [-0.2, 0) is 0 Å². The molecule has 0 aromatic heterocycles. The number of hydrogen-bond donors (Lipinski definition) is 1. The summed E-state index contributed by atoms with van der Waals surface area (Å²) in [5.74, 6) is 6.41. The molecule has 0 amide bonds. The third kappa shape index (κ3) is 4.95. The SMILES string of the molecule is CC.CCCCC1CCC2C3CCC4CC(CC)CCC4(C)C3CCC12C.CO.O. The van der Waals surface area contributed by atoms with Crippen LogP contribution in [0, 0.1) is 46.3 Å². The molecular weight excluding hydrogens is 368 g/mol. The van der Waals surface area contributed by atoms with Crippen molar-refractivity contribution in [2.75, 3.05) is 7.11 Å². The molecule has 180 valence electrons. The molecule has 2 heteroatoms. The van der Waals surface area contributed by atoms with Gasteiger partial charge in [0.15, 0.2) is 0 Å². The summed E-state index contributed by atoms with van der Waals surface area (Å²) in [5.41, 5.74) is 1.41. The molecule has 2 nitrogen and oxygen atoms in total. The number of unbranched alkanes of at least 4 members (excludes halogenated alkanes) is 1. The molecule has 0 saturated heterocycles. The van der Waals surface area contributed by atoms with Crippen molar-refractivity contribution in [3.8, 4) is 0 Å². The summed E-state index contributed by atoms with van der Waals surface area (Å²) in [7, 11) is 1.00. The molecule has 3 N–H and O–H groups in total. The fourth-order valence-corrected chi connectivity index (χ4v) is 8.75. The van der Waals surface area contributed by atoms with Gasteiger partial charge in [0, 0.05) is 7.11 Å². The lowest BCUT2D eigenvalue weighted by Gasteiger charge is -2.61. The zero-order valence-corrected chi connectivity index (χ0v) is 21.6. The predicted octanol–water partition coefficient (Wildman–Crippen LogP) is 7.67. The molecule has 0 aromatic rings. The van der Waals surface area contributed by atoms with Gasteiger partial charge in [0.05, 0.1) is 0 Å². The minimum Gasteiger partial charge on any atom is -0.412 e. The monoisotopic (exact) mass is 424 g/mol. The van der Waals surface area contributed by atoms with Crippen LogP contribution in [0.4, 0.5) is 0 Å². The Morgan fingerprint density at radius 2 is 1.43 bits per heavy atom. The second-order valence-electron chi connectivity index (χ2n) is 11.2. The van der Waals surface area contributed by atoms with Gasteiger partial charge in [0.2, 0.25) is 0 Å². The molecule has 0 aromatic carbocycles. The van der Waals surface area contributed by atoms with Crippen molar-refractivity contribution in [3.05, 3.63) is 0 Å². The topological polar surface area (TPSA) is 51.7 Å². The van der Waals surface area contributed by atoms with Gasteiger partial charge in [0.1, 0.15) is 0 Å². The van der Waals surface area contributed by atoms with Crippen molar-refractivity contribution in [2.24, 2.45) is 46.3 Å². The van der Waals surface area contributed by atoms with E-state index in [1.54, 1.807) is 51.4 Å². The van der Waals surface area contributed by atoms with Gasteiger partial charge in [-0.15, -0.1) is 0 Å². The highest BCUT2D eigenvalue weighted by molar-refractivity contribution is 5.09. The Bertz CT molecular complexity index is 477. The molecule has 4 aliphatic carbocycles. The molecule has 4 rings (SSSR count). The van der Waals surface area contributed by atoms with E-state index in [2.05, 4.69) is 27.7 Å². The fraction of sp³-hybridized carbons (Fsp3) is 1.00. The number of aliphatic hydroxyl groups excluding tert-OH is 1. The van der Waals surface area contributed by atoms with E-state index in [1.807, 2.05) is 13.8 Å². The smallest absolute Gasteiger partial charge is 0.0319 e. The molecule has 4 saturated carbocycles. The van der Waals surface area contributed by atoms with Gasteiger partial charge in [-0.25, -0.2) is 0 Å². The van der Waals surface area contributed by atoms with Crippen molar-refractivity contribution in [2.45, 2.75) is 125 Å². The first-order valence-corrected chi connectivity index (χ1v) is 13.5. The van der Waals surface area contributed by atoms with Crippen LogP contribution < -0.4 is 0 Å². The van der Waals surface area contributed by atoms with Gasteiger partial charge >= 0.3 is 0 Å². The van der Waals surface area contributed by atoms with Gasteiger partial charge in [0.25, 0.3) is 0 Å². The zero-order chi connectivity index (χ0) is 21.7. The van der Waals surface area contributed by atoms with E-state index in [9.17, 15) is 0 Å². The molecule has 8 atom stereocenters. The fourth-order valence-electron chi connectivity index (χ4n) is 8.75. The van der Waals surface area contributed by atoms with Crippen LogP contribution in [0.15, 0.2) is 0 Å². The van der Waals surface area contributed by atoms with Crippen LogP contribution in [0.25, 0.3) is 0 Å². The van der Waals surface area contributed by atoms with Crippen LogP contribution in [0.3, 0.4) is 0 Å². The Morgan fingerprint density at radius 1 is 0.800 bits per heavy atom. The van der Waals surface area contributed by atoms with Gasteiger partial charge in [-0.05, 0) is 111 Å². The van der Waals surface area contributed by atoms with Crippen LogP contribution in [-0.4, -0.2) is 17.7 Å². The molecule has 0 spiro atoms. The normalized spacial score (nSPS) is 44.0. The highest BCUT2D eigenvalue weighted by Crippen LogP contribution is 2.68. The first-order chi connectivity index (χ1) is 14.0. The summed E-state index contributed by atoms with van der Waals surface area (Å²) in [6, 6.07) is 0. The van der Waals surface area contributed by atoms with Crippen molar-refractivity contribution in [3.63, 3.8) is 0 Å². The third-order valence-electron chi connectivity index (χ3n) is 10.5. The number of hydrogen-bond acceptors (Lipinski definition) is 1. The maximum absolute atomic E-state index is 7.00.